The molecule has 1 saturated heterocycles. The number of aromatic nitrogens is 1. The first kappa shape index (κ1) is 25.4. The van der Waals surface area contributed by atoms with Crippen LogP contribution in [0.25, 0.3) is 22.2 Å². The van der Waals surface area contributed by atoms with E-state index >= 15 is 0 Å². The fraction of sp³-hybridized carbons (Fsp3) is 0.452. The Kier molecular flexibility index (Phi) is 7.85. The van der Waals surface area contributed by atoms with Crippen LogP contribution in [0, 0.1) is 5.92 Å². The van der Waals surface area contributed by atoms with Crippen LogP contribution >= 0.6 is 0 Å². The van der Waals surface area contributed by atoms with E-state index in [2.05, 4.69) is 28.9 Å². The van der Waals surface area contributed by atoms with Gasteiger partial charge in [-0.2, -0.15) is 0 Å². The molecule has 2 aliphatic rings. The molecule has 1 aliphatic carbocycles. The predicted molar refractivity (Wildman–Crippen MR) is 146 cm³/mol. The Balaban J connectivity index is 1.63. The molecule has 6 heteroatoms. The van der Waals surface area contributed by atoms with E-state index < -0.39 is 5.97 Å². The highest BCUT2D eigenvalue weighted by atomic mass is 16.4. The highest BCUT2D eigenvalue weighted by molar-refractivity contribution is 6.09. The van der Waals surface area contributed by atoms with E-state index in [4.69, 9.17) is 4.98 Å². The second-order valence-corrected chi connectivity index (χ2v) is 10.5. The van der Waals surface area contributed by atoms with Gasteiger partial charge in [-0.1, -0.05) is 67.8 Å². The third kappa shape index (κ3) is 5.40. The quantitative estimate of drug-likeness (QED) is 0.432. The molecule has 0 atom stereocenters. The van der Waals surface area contributed by atoms with Gasteiger partial charge in [-0.05, 0) is 51.8 Å². The van der Waals surface area contributed by atoms with Gasteiger partial charge in [0, 0.05) is 35.6 Å². The number of carboxylic acid groups (broad SMARTS) is 1. The monoisotopic (exact) mass is 499 g/mol. The molecule has 0 radical (unpaired) electrons. The minimum Gasteiger partial charge on any atom is -0.481 e. The van der Waals surface area contributed by atoms with Crippen molar-refractivity contribution in [1.29, 1.82) is 0 Å². The van der Waals surface area contributed by atoms with E-state index in [0.717, 1.165) is 46.1 Å². The van der Waals surface area contributed by atoms with Gasteiger partial charge in [0.1, 0.15) is 0 Å². The number of amides is 1. The van der Waals surface area contributed by atoms with E-state index in [9.17, 15) is 14.7 Å². The fourth-order valence-corrected chi connectivity index (χ4v) is 6.15. The molecule has 2 heterocycles. The summed E-state index contributed by atoms with van der Waals surface area (Å²) in [6, 6.07) is 18.4. The van der Waals surface area contributed by atoms with Gasteiger partial charge in [0.25, 0.3) is 5.91 Å². The number of aliphatic carboxylic acids is 1. The van der Waals surface area contributed by atoms with Crippen molar-refractivity contribution < 1.29 is 14.7 Å². The Bertz CT molecular complexity index is 1250. The SMILES string of the molecule is CCN(C(=O)c1c(CN2CCC(C(=O)O)CC2)c(-c2ccccc2)nc2ccccc12)C1CCCCC1. The number of carboxylic acids is 1. The largest absolute Gasteiger partial charge is 0.481 e. The zero-order valence-corrected chi connectivity index (χ0v) is 21.7. The standard InChI is InChI=1S/C31H37N3O3/c1-2-34(24-13-7-4-8-14-24)30(35)28-25-15-9-10-16-27(25)32-29(22-11-5-3-6-12-22)26(28)21-33-19-17-23(18-20-33)31(36)37/h3,5-6,9-12,15-16,23-24H,2,4,7-8,13-14,17-21H2,1H3,(H,36,37). The van der Waals surface area contributed by atoms with Crippen molar-refractivity contribution >= 4 is 22.8 Å². The maximum atomic E-state index is 14.5. The zero-order chi connectivity index (χ0) is 25.8. The van der Waals surface area contributed by atoms with Crippen LogP contribution in [0.3, 0.4) is 0 Å². The number of hydrogen-bond donors (Lipinski definition) is 1. The second-order valence-electron chi connectivity index (χ2n) is 10.5. The van der Waals surface area contributed by atoms with Gasteiger partial charge in [-0.25, -0.2) is 4.98 Å². The lowest BCUT2D eigenvalue weighted by Crippen LogP contribution is -2.42. The molecule has 5 rings (SSSR count). The smallest absolute Gasteiger partial charge is 0.306 e. The summed E-state index contributed by atoms with van der Waals surface area (Å²) >= 11 is 0. The Morgan fingerprint density at radius 2 is 1.62 bits per heavy atom. The first-order chi connectivity index (χ1) is 18.1. The predicted octanol–water partition coefficient (Wildman–Crippen LogP) is 5.99. The van der Waals surface area contributed by atoms with Crippen LogP contribution in [0.15, 0.2) is 54.6 Å². The van der Waals surface area contributed by atoms with Crippen molar-refractivity contribution in [3.8, 4) is 11.3 Å². The molecular weight excluding hydrogens is 462 g/mol. The highest BCUT2D eigenvalue weighted by Gasteiger charge is 2.31. The number of carbonyl (C=O) groups excluding carboxylic acids is 1. The molecule has 37 heavy (non-hydrogen) atoms. The molecule has 1 N–H and O–H groups in total. The summed E-state index contributed by atoms with van der Waals surface area (Å²) < 4.78 is 0. The third-order valence-corrected chi connectivity index (χ3v) is 8.19. The summed E-state index contributed by atoms with van der Waals surface area (Å²) in [4.78, 5) is 35.5. The number of benzene rings is 2. The number of fused-ring (bicyclic) bond motifs is 1. The highest BCUT2D eigenvalue weighted by Crippen LogP contribution is 2.34. The maximum Gasteiger partial charge on any atom is 0.306 e. The molecule has 1 saturated carbocycles. The van der Waals surface area contributed by atoms with E-state index in [1.807, 2.05) is 42.5 Å². The van der Waals surface area contributed by atoms with Gasteiger partial charge >= 0.3 is 5.97 Å². The van der Waals surface area contributed by atoms with Crippen molar-refractivity contribution in [3.05, 3.63) is 65.7 Å². The number of likely N-dealkylation sites (tertiary alicyclic amines) is 1. The Morgan fingerprint density at radius 3 is 2.30 bits per heavy atom. The first-order valence-corrected chi connectivity index (χ1v) is 13.8. The van der Waals surface area contributed by atoms with Gasteiger partial charge in [-0.3, -0.25) is 14.5 Å². The van der Waals surface area contributed by atoms with Gasteiger partial charge < -0.3 is 10.0 Å². The lowest BCUT2D eigenvalue weighted by molar-refractivity contribution is -0.143. The first-order valence-electron chi connectivity index (χ1n) is 13.8. The van der Waals surface area contributed by atoms with Crippen LogP contribution in [0.2, 0.25) is 0 Å². The number of nitrogens with zero attached hydrogens (tertiary/aromatic N) is 3. The molecule has 194 valence electrons. The topological polar surface area (TPSA) is 73.7 Å². The van der Waals surface area contributed by atoms with Crippen molar-refractivity contribution in [2.75, 3.05) is 19.6 Å². The molecule has 1 aliphatic heterocycles. The molecule has 2 fully saturated rings. The lowest BCUT2D eigenvalue weighted by Gasteiger charge is -2.35. The van der Waals surface area contributed by atoms with Crippen LogP contribution in [0.5, 0.6) is 0 Å². The van der Waals surface area contributed by atoms with Crippen molar-refractivity contribution in [2.45, 2.75) is 64.5 Å². The minimum atomic E-state index is -0.709. The zero-order valence-electron chi connectivity index (χ0n) is 21.7. The molecule has 0 unspecified atom stereocenters. The van der Waals surface area contributed by atoms with Crippen LogP contribution in [-0.4, -0.2) is 57.4 Å². The number of hydrogen-bond acceptors (Lipinski definition) is 4. The fourth-order valence-electron chi connectivity index (χ4n) is 6.15. The molecule has 1 aromatic heterocycles. The number of piperidine rings is 1. The Labute approximate surface area is 219 Å². The average Bonchev–Trinajstić information content (AvgIpc) is 2.94. The Hall–Kier alpha value is -3.25. The van der Waals surface area contributed by atoms with Gasteiger partial charge in [-0.15, -0.1) is 0 Å². The van der Waals surface area contributed by atoms with Crippen LogP contribution < -0.4 is 0 Å². The van der Waals surface area contributed by atoms with Crippen molar-refractivity contribution in [1.82, 2.24) is 14.8 Å². The molecular formula is C31H37N3O3. The molecule has 2 aromatic carbocycles. The number of carbonyl (C=O) groups is 2. The second kappa shape index (κ2) is 11.4. The van der Waals surface area contributed by atoms with Crippen LogP contribution in [0.1, 0.15) is 67.8 Å². The van der Waals surface area contributed by atoms with E-state index in [-0.39, 0.29) is 17.9 Å². The van der Waals surface area contributed by atoms with Crippen LogP contribution in [0.4, 0.5) is 0 Å². The van der Waals surface area contributed by atoms with E-state index in [1.54, 1.807) is 0 Å². The molecule has 1 amide bonds. The third-order valence-electron chi connectivity index (χ3n) is 8.19. The maximum absolute atomic E-state index is 14.5. The molecule has 0 bridgehead atoms. The van der Waals surface area contributed by atoms with Crippen molar-refractivity contribution in [2.24, 2.45) is 5.92 Å². The summed E-state index contributed by atoms with van der Waals surface area (Å²) in [5.41, 5.74) is 4.40. The number of pyridine rings is 1. The van der Waals surface area contributed by atoms with E-state index in [0.29, 0.717) is 39.0 Å². The van der Waals surface area contributed by atoms with Gasteiger partial charge in [0.2, 0.25) is 0 Å². The number of rotatable bonds is 7. The molecule has 3 aromatic rings. The Morgan fingerprint density at radius 1 is 0.946 bits per heavy atom. The van der Waals surface area contributed by atoms with Crippen LogP contribution in [-0.2, 0) is 11.3 Å². The summed E-state index contributed by atoms with van der Waals surface area (Å²) in [5, 5.41) is 10.4. The normalized spacial score (nSPS) is 17.6. The summed E-state index contributed by atoms with van der Waals surface area (Å²) in [6.07, 6.45) is 6.97. The minimum absolute atomic E-state index is 0.0978. The van der Waals surface area contributed by atoms with Gasteiger partial charge in [0.15, 0.2) is 0 Å². The summed E-state index contributed by atoms with van der Waals surface area (Å²) in [7, 11) is 0. The molecule has 6 nitrogen and oxygen atoms in total. The van der Waals surface area contributed by atoms with Gasteiger partial charge in [0.05, 0.1) is 22.7 Å². The summed E-state index contributed by atoms with van der Waals surface area (Å²) in [5.74, 6) is -0.901. The van der Waals surface area contributed by atoms with E-state index in [1.165, 1.54) is 19.3 Å². The van der Waals surface area contributed by atoms with Crippen molar-refractivity contribution in [3.63, 3.8) is 0 Å². The number of para-hydroxylation sites is 1. The average molecular weight is 500 g/mol. The lowest BCUT2D eigenvalue weighted by atomic mass is 9.91. The summed E-state index contributed by atoms with van der Waals surface area (Å²) in [6.45, 7) is 4.75. The molecule has 0 spiro atoms.